The number of hydrogen-bond acceptors (Lipinski definition) is 5. The molecule has 2 heterocycles. The number of methoxy groups -OCH3 is 1. The van der Waals surface area contributed by atoms with Gasteiger partial charge in [-0.25, -0.2) is 5.84 Å². The summed E-state index contributed by atoms with van der Waals surface area (Å²) in [6.45, 7) is 2.46. The summed E-state index contributed by atoms with van der Waals surface area (Å²) >= 11 is 0. The Hall–Kier alpha value is -1.37. The molecule has 1 aromatic heterocycles. The lowest BCUT2D eigenvalue weighted by Crippen LogP contribution is -2.39. The van der Waals surface area contributed by atoms with Crippen LogP contribution in [0.1, 0.15) is 29.0 Å². The fourth-order valence-corrected chi connectivity index (χ4v) is 2.30. The van der Waals surface area contributed by atoms with Crippen LogP contribution in [0.25, 0.3) is 0 Å². The molecule has 2 rings (SSSR count). The average molecular weight is 253 g/mol. The third-order valence-electron chi connectivity index (χ3n) is 3.28. The number of rotatable bonds is 4. The summed E-state index contributed by atoms with van der Waals surface area (Å²) in [5, 5.41) is 0. The molecule has 1 atom stereocenters. The van der Waals surface area contributed by atoms with Crippen LogP contribution >= 0.6 is 0 Å². The lowest BCUT2D eigenvalue weighted by Gasteiger charge is -2.31. The van der Waals surface area contributed by atoms with E-state index in [1.165, 1.54) is 6.26 Å². The zero-order valence-electron chi connectivity index (χ0n) is 10.5. The van der Waals surface area contributed by atoms with Crippen molar-refractivity contribution in [2.75, 3.05) is 20.2 Å². The summed E-state index contributed by atoms with van der Waals surface area (Å²) in [4.78, 5) is 13.7. The maximum absolute atomic E-state index is 11.5. The highest BCUT2D eigenvalue weighted by atomic mass is 16.5. The minimum Gasteiger partial charge on any atom is -0.467 e. The average Bonchev–Trinajstić information content (AvgIpc) is 2.86. The van der Waals surface area contributed by atoms with E-state index in [9.17, 15) is 4.79 Å². The van der Waals surface area contributed by atoms with Crippen molar-refractivity contribution in [1.82, 2.24) is 10.3 Å². The van der Waals surface area contributed by atoms with Gasteiger partial charge in [-0.15, -0.1) is 0 Å². The maximum Gasteiger partial charge on any atom is 0.268 e. The van der Waals surface area contributed by atoms with Crippen LogP contribution in [-0.4, -0.2) is 37.1 Å². The lowest BCUT2D eigenvalue weighted by atomic mass is 10.1. The maximum atomic E-state index is 11.5. The molecule has 0 aliphatic carbocycles. The molecular formula is C12H19N3O3. The summed E-state index contributed by atoms with van der Waals surface area (Å²) in [6.07, 6.45) is 3.96. The molecule has 0 aromatic carbocycles. The number of hydrazine groups is 1. The number of carbonyl (C=O) groups excluding carboxylic acids is 1. The second kappa shape index (κ2) is 5.99. The first-order valence-corrected chi connectivity index (χ1v) is 6.07. The third-order valence-corrected chi connectivity index (χ3v) is 3.28. The van der Waals surface area contributed by atoms with Crippen LogP contribution in [0.2, 0.25) is 0 Å². The normalized spacial score (nSPS) is 20.9. The van der Waals surface area contributed by atoms with Crippen molar-refractivity contribution in [1.29, 1.82) is 0 Å². The van der Waals surface area contributed by atoms with Gasteiger partial charge in [0.2, 0.25) is 0 Å². The van der Waals surface area contributed by atoms with E-state index in [0.717, 1.165) is 25.9 Å². The van der Waals surface area contributed by atoms with E-state index < -0.39 is 0 Å². The molecule has 1 aromatic rings. The highest BCUT2D eigenvalue weighted by Gasteiger charge is 2.22. The zero-order valence-corrected chi connectivity index (χ0v) is 10.5. The summed E-state index contributed by atoms with van der Waals surface area (Å²) < 4.78 is 10.7. The van der Waals surface area contributed by atoms with Gasteiger partial charge in [-0.2, -0.15) is 0 Å². The van der Waals surface area contributed by atoms with Crippen LogP contribution in [-0.2, 0) is 11.3 Å². The topological polar surface area (TPSA) is 80.7 Å². The third kappa shape index (κ3) is 2.90. The van der Waals surface area contributed by atoms with Gasteiger partial charge in [-0.3, -0.25) is 15.1 Å². The number of amides is 1. The van der Waals surface area contributed by atoms with Crippen LogP contribution in [0.15, 0.2) is 16.7 Å². The van der Waals surface area contributed by atoms with Gasteiger partial charge < -0.3 is 9.15 Å². The Morgan fingerprint density at radius 2 is 2.56 bits per heavy atom. The second-order valence-corrected chi connectivity index (χ2v) is 4.47. The van der Waals surface area contributed by atoms with Gasteiger partial charge >= 0.3 is 0 Å². The van der Waals surface area contributed by atoms with Crippen molar-refractivity contribution in [3.8, 4) is 0 Å². The summed E-state index contributed by atoms with van der Waals surface area (Å²) in [5.74, 6) is 5.46. The summed E-state index contributed by atoms with van der Waals surface area (Å²) in [6, 6.07) is 1.63. The van der Waals surface area contributed by atoms with E-state index in [4.69, 9.17) is 15.0 Å². The van der Waals surface area contributed by atoms with E-state index in [2.05, 4.69) is 10.3 Å². The molecule has 1 aliphatic heterocycles. The molecular weight excluding hydrogens is 234 g/mol. The number of likely N-dealkylation sites (tertiary alicyclic amines) is 1. The summed E-state index contributed by atoms with van der Waals surface area (Å²) in [7, 11) is 1.73. The molecule has 0 bridgehead atoms. The number of piperidine rings is 1. The molecule has 6 nitrogen and oxygen atoms in total. The van der Waals surface area contributed by atoms with Crippen LogP contribution < -0.4 is 11.3 Å². The molecule has 6 heteroatoms. The zero-order chi connectivity index (χ0) is 13.0. The number of nitrogen functional groups attached to an aromatic ring is 1. The van der Waals surface area contributed by atoms with E-state index in [1.807, 2.05) is 0 Å². The number of furan rings is 1. The van der Waals surface area contributed by atoms with Gasteiger partial charge in [-0.05, 0) is 25.5 Å². The molecule has 100 valence electrons. The molecule has 0 saturated carbocycles. The number of carbonyl (C=O) groups is 1. The standard InChI is InChI=1S/C12H19N3O3/c1-17-9-3-2-5-15(7-9)8-11-10(4-6-18-11)12(16)14-13/h4,6,9H,2-3,5,7-8,13H2,1H3,(H,14,16). The van der Waals surface area contributed by atoms with Gasteiger partial charge in [0, 0.05) is 13.7 Å². The first kappa shape index (κ1) is 13.1. The monoisotopic (exact) mass is 253 g/mol. The van der Waals surface area contributed by atoms with Crippen LogP contribution in [0.3, 0.4) is 0 Å². The molecule has 18 heavy (non-hydrogen) atoms. The van der Waals surface area contributed by atoms with Crippen LogP contribution in [0.5, 0.6) is 0 Å². The van der Waals surface area contributed by atoms with E-state index >= 15 is 0 Å². The van der Waals surface area contributed by atoms with Gasteiger partial charge in [0.15, 0.2) is 0 Å². The van der Waals surface area contributed by atoms with Gasteiger partial charge in [0.1, 0.15) is 5.76 Å². The Morgan fingerprint density at radius 3 is 3.28 bits per heavy atom. The molecule has 1 fully saturated rings. The fourth-order valence-electron chi connectivity index (χ4n) is 2.30. The minimum absolute atomic E-state index is 0.264. The lowest BCUT2D eigenvalue weighted by molar-refractivity contribution is 0.0262. The minimum atomic E-state index is -0.320. The fraction of sp³-hybridized carbons (Fsp3) is 0.583. The second-order valence-electron chi connectivity index (χ2n) is 4.47. The number of nitrogens with two attached hydrogens (primary N) is 1. The van der Waals surface area contributed by atoms with Crippen molar-refractivity contribution < 1.29 is 13.9 Å². The number of nitrogens with zero attached hydrogens (tertiary/aromatic N) is 1. The Morgan fingerprint density at radius 1 is 1.72 bits per heavy atom. The van der Waals surface area contributed by atoms with Gasteiger partial charge in [-0.1, -0.05) is 0 Å². The van der Waals surface area contributed by atoms with Crippen LogP contribution in [0, 0.1) is 0 Å². The molecule has 0 radical (unpaired) electrons. The molecule has 1 amide bonds. The van der Waals surface area contributed by atoms with E-state index in [0.29, 0.717) is 17.9 Å². The van der Waals surface area contributed by atoms with Crippen molar-refractivity contribution in [2.45, 2.75) is 25.5 Å². The quantitative estimate of drug-likeness (QED) is 0.464. The van der Waals surface area contributed by atoms with Crippen molar-refractivity contribution >= 4 is 5.91 Å². The first-order chi connectivity index (χ1) is 8.74. The predicted octanol–water partition coefficient (Wildman–Crippen LogP) is 0.494. The molecule has 1 saturated heterocycles. The molecule has 0 spiro atoms. The summed E-state index contributed by atoms with van der Waals surface area (Å²) in [5.41, 5.74) is 2.62. The number of nitrogens with one attached hydrogen (secondary N) is 1. The van der Waals surface area contributed by atoms with E-state index in [-0.39, 0.29) is 12.0 Å². The smallest absolute Gasteiger partial charge is 0.268 e. The number of hydrogen-bond donors (Lipinski definition) is 2. The number of ether oxygens (including phenoxy) is 1. The van der Waals surface area contributed by atoms with Gasteiger partial charge in [0.05, 0.1) is 24.5 Å². The first-order valence-electron chi connectivity index (χ1n) is 6.07. The molecule has 1 aliphatic rings. The molecule has 3 N–H and O–H groups in total. The van der Waals surface area contributed by atoms with Crippen molar-refractivity contribution in [2.24, 2.45) is 5.84 Å². The largest absolute Gasteiger partial charge is 0.467 e. The Bertz CT molecular complexity index is 405. The van der Waals surface area contributed by atoms with Crippen LogP contribution in [0.4, 0.5) is 0 Å². The van der Waals surface area contributed by atoms with E-state index in [1.54, 1.807) is 13.2 Å². The highest BCUT2D eigenvalue weighted by Crippen LogP contribution is 2.18. The predicted molar refractivity (Wildman–Crippen MR) is 65.7 cm³/mol. The van der Waals surface area contributed by atoms with Gasteiger partial charge in [0.25, 0.3) is 5.91 Å². The van der Waals surface area contributed by atoms with Crippen molar-refractivity contribution in [3.05, 3.63) is 23.7 Å². The molecule has 1 unspecified atom stereocenters. The SMILES string of the molecule is COC1CCCN(Cc2occc2C(=O)NN)C1. The Labute approximate surface area is 106 Å². The Kier molecular flexibility index (Phi) is 4.35. The Balaban J connectivity index is 2.00. The van der Waals surface area contributed by atoms with Crippen molar-refractivity contribution in [3.63, 3.8) is 0 Å². The highest BCUT2D eigenvalue weighted by molar-refractivity contribution is 5.94.